The first-order chi connectivity index (χ1) is 8.59. The lowest BCUT2D eigenvalue weighted by Gasteiger charge is -2.08. The molecule has 0 atom stereocenters. The Kier molecular flexibility index (Phi) is 3.52. The third-order valence-corrected chi connectivity index (χ3v) is 2.74. The second-order valence-electron chi connectivity index (χ2n) is 3.77. The number of nitrogens with zero attached hydrogens (tertiary/aromatic N) is 3. The molecule has 0 radical (unpaired) electrons. The molecule has 2 aromatic rings. The van der Waals surface area contributed by atoms with Gasteiger partial charge in [0.25, 0.3) is 0 Å². The van der Waals surface area contributed by atoms with E-state index >= 15 is 0 Å². The van der Waals surface area contributed by atoms with Crippen LogP contribution in [0.4, 0.5) is 5.82 Å². The summed E-state index contributed by atoms with van der Waals surface area (Å²) in [7, 11) is 0. The van der Waals surface area contributed by atoms with Crippen LogP contribution < -0.4 is 11.1 Å². The number of hydrogen-bond acceptors (Lipinski definition) is 6. The zero-order chi connectivity index (χ0) is 13.1. The molecule has 0 aliphatic rings. The predicted octanol–water partition coefficient (Wildman–Crippen LogP) is 1.33. The van der Waals surface area contributed by atoms with E-state index < -0.39 is 0 Å². The van der Waals surface area contributed by atoms with Crippen molar-refractivity contribution in [3.8, 4) is 0 Å². The first-order valence-corrected chi connectivity index (χ1v) is 5.77. The second kappa shape index (κ2) is 5.09. The Morgan fingerprint density at radius 3 is 2.72 bits per heavy atom. The average molecular weight is 263 g/mol. The van der Waals surface area contributed by atoms with Gasteiger partial charge in [0.2, 0.25) is 0 Å². The van der Waals surface area contributed by atoms with E-state index in [1.165, 1.54) is 0 Å². The number of thiocarbonyl (C=S) groups is 1. The van der Waals surface area contributed by atoms with Crippen LogP contribution >= 0.6 is 12.2 Å². The van der Waals surface area contributed by atoms with Crippen LogP contribution in [0.3, 0.4) is 0 Å². The molecule has 0 aliphatic heterocycles. The van der Waals surface area contributed by atoms with E-state index in [1.54, 1.807) is 12.4 Å². The smallest absolute Gasteiger partial charge is 0.155 e. The molecule has 0 saturated carbocycles. The van der Waals surface area contributed by atoms with E-state index in [0.29, 0.717) is 18.1 Å². The summed E-state index contributed by atoms with van der Waals surface area (Å²) in [5, 5.41) is 7.02. The minimum Gasteiger partial charge on any atom is -0.388 e. The van der Waals surface area contributed by atoms with E-state index in [4.69, 9.17) is 22.5 Å². The van der Waals surface area contributed by atoms with E-state index in [1.807, 2.05) is 13.8 Å². The molecule has 0 bridgehead atoms. The lowest BCUT2D eigenvalue weighted by Crippen LogP contribution is -2.16. The molecular weight excluding hydrogens is 250 g/mol. The Hall–Kier alpha value is -2.02. The molecular formula is C11H13N5OS. The standard InChI is InChI=1S/C11H13N5OS/c1-6-8(7(2)17-16-6)5-15-11-9(10(12)18)13-3-4-14-11/h3-4H,5H2,1-2H3,(H2,12,18)(H,14,15). The maximum atomic E-state index is 5.58. The van der Waals surface area contributed by atoms with Crippen molar-refractivity contribution >= 4 is 23.0 Å². The highest BCUT2D eigenvalue weighted by molar-refractivity contribution is 7.80. The number of rotatable bonds is 4. The number of aryl methyl sites for hydroxylation is 2. The van der Waals surface area contributed by atoms with Crippen LogP contribution in [0.5, 0.6) is 0 Å². The molecule has 0 aliphatic carbocycles. The summed E-state index contributed by atoms with van der Waals surface area (Å²) >= 11 is 4.92. The topological polar surface area (TPSA) is 89.9 Å². The molecule has 0 fully saturated rings. The van der Waals surface area contributed by atoms with Crippen molar-refractivity contribution in [1.82, 2.24) is 15.1 Å². The highest BCUT2D eigenvalue weighted by atomic mass is 32.1. The van der Waals surface area contributed by atoms with Gasteiger partial charge < -0.3 is 15.6 Å². The van der Waals surface area contributed by atoms with Gasteiger partial charge in [0.1, 0.15) is 16.4 Å². The van der Waals surface area contributed by atoms with Crippen molar-refractivity contribution in [2.24, 2.45) is 5.73 Å². The van der Waals surface area contributed by atoms with Crippen LogP contribution in [0.2, 0.25) is 0 Å². The van der Waals surface area contributed by atoms with Gasteiger partial charge in [0, 0.05) is 24.5 Å². The first-order valence-electron chi connectivity index (χ1n) is 5.36. The molecule has 0 saturated heterocycles. The van der Waals surface area contributed by atoms with Gasteiger partial charge in [0.05, 0.1) is 5.69 Å². The third kappa shape index (κ3) is 2.45. The molecule has 3 N–H and O–H groups in total. The fourth-order valence-corrected chi connectivity index (χ4v) is 1.72. The van der Waals surface area contributed by atoms with Crippen LogP contribution in [0.15, 0.2) is 16.9 Å². The molecule has 0 amide bonds. The Balaban J connectivity index is 2.18. The number of nitrogens with one attached hydrogen (secondary N) is 1. The van der Waals surface area contributed by atoms with E-state index in [0.717, 1.165) is 17.0 Å². The molecule has 7 heteroatoms. The van der Waals surface area contributed by atoms with Gasteiger partial charge in [0.15, 0.2) is 5.82 Å². The second-order valence-corrected chi connectivity index (χ2v) is 4.21. The summed E-state index contributed by atoms with van der Waals surface area (Å²) in [6.07, 6.45) is 3.13. The third-order valence-electron chi connectivity index (χ3n) is 2.55. The predicted molar refractivity (Wildman–Crippen MR) is 71.2 cm³/mol. The molecule has 2 aromatic heterocycles. The van der Waals surface area contributed by atoms with E-state index in [-0.39, 0.29) is 4.99 Å². The minimum absolute atomic E-state index is 0.212. The molecule has 0 unspecified atom stereocenters. The fourth-order valence-electron chi connectivity index (χ4n) is 1.57. The van der Waals surface area contributed by atoms with Gasteiger partial charge in [-0.15, -0.1) is 0 Å². The van der Waals surface area contributed by atoms with Crippen LogP contribution in [-0.4, -0.2) is 20.1 Å². The Labute approximate surface area is 110 Å². The van der Waals surface area contributed by atoms with Gasteiger partial charge in [-0.25, -0.2) is 9.97 Å². The van der Waals surface area contributed by atoms with Crippen molar-refractivity contribution in [3.63, 3.8) is 0 Å². The highest BCUT2D eigenvalue weighted by Crippen LogP contribution is 2.15. The maximum absolute atomic E-state index is 5.58. The van der Waals surface area contributed by atoms with Gasteiger partial charge >= 0.3 is 0 Å². The molecule has 6 nitrogen and oxygen atoms in total. The van der Waals surface area contributed by atoms with Gasteiger partial charge in [-0.3, -0.25) is 0 Å². The summed E-state index contributed by atoms with van der Waals surface area (Å²) in [4.78, 5) is 8.47. The summed E-state index contributed by atoms with van der Waals surface area (Å²) in [5.41, 5.74) is 7.91. The number of nitrogens with two attached hydrogens (primary N) is 1. The van der Waals surface area contributed by atoms with E-state index in [9.17, 15) is 0 Å². The summed E-state index contributed by atoms with van der Waals surface area (Å²) in [6.45, 7) is 4.29. The number of anilines is 1. The number of hydrogen-bond donors (Lipinski definition) is 2. The van der Waals surface area contributed by atoms with E-state index in [2.05, 4.69) is 20.4 Å². The summed E-state index contributed by atoms with van der Waals surface area (Å²) in [6, 6.07) is 0. The van der Waals surface area contributed by atoms with Crippen molar-refractivity contribution in [1.29, 1.82) is 0 Å². The number of aromatic nitrogens is 3. The highest BCUT2D eigenvalue weighted by Gasteiger charge is 2.11. The van der Waals surface area contributed by atoms with Crippen LogP contribution in [0.25, 0.3) is 0 Å². The summed E-state index contributed by atoms with van der Waals surface area (Å²) in [5.74, 6) is 1.34. The maximum Gasteiger partial charge on any atom is 0.155 e. The zero-order valence-electron chi connectivity index (χ0n) is 10.1. The van der Waals surface area contributed by atoms with Crippen molar-refractivity contribution < 1.29 is 4.52 Å². The molecule has 0 aromatic carbocycles. The Morgan fingerprint density at radius 2 is 2.11 bits per heavy atom. The summed E-state index contributed by atoms with van der Waals surface area (Å²) < 4.78 is 5.08. The Morgan fingerprint density at radius 1 is 1.39 bits per heavy atom. The molecule has 0 spiro atoms. The minimum atomic E-state index is 0.212. The monoisotopic (exact) mass is 263 g/mol. The lowest BCUT2D eigenvalue weighted by atomic mass is 10.2. The normalized spacial score (nSPS) is 10.3. The van der Waals surface area contributed by atoms with Crippen LogP contribution in [-0.2, 0) is 6.54 Å². The molecule has 18 heavy (non-hydrogen) atoms. The van der Waals surface area contributed by atoms with Crippen molar-refractivity contribution in [2.75, 3.05) is 5.32 Å². The first kappa shape index (κ1) is 12.4. The molecule has 2 rings (SSSR count). The average Bonchev–Trinajstić information content (AvgIpc) is 2.67. The van der Waals surface area contributed by atoms with Gasteiger partial charge in [-0.2, -0.15) is 0 Å². The van der Waals surface area contributed by atoms with Crippen molar-refractivity contribution in [2.45, 2.75) is 20.4 Å². The lowest BCUT2D eigenvalue weighted by molar-refractivity contribution is 0.392. The largest absolute Gasteiger partial charge is 0.388 e. The van der Waals surface area contributed by atoms with Gasteiger partial charge in [-0.05, 0) is 13.8 Å². The zero-order valence-corrected chi connectivity index (χ0v) is 10.9. The molecule has 94 valence electrons. The fraction of sp³-hybridized carbons (Fsp3) is 0.273. The SMILES string of the molecule is Cc1noc(C)c1CNc1nccnc1C(N)=S. The molecule has 2 heterocycles. The van der Waals surface area contributed by atoms with Crippen molar-refractivity contribution in [3.05, 3.63) is 35.1 Å². The van der Waals surface area contributed by atoms with Crippen LogP contribution in [0, 0.1) is 13.8 Å². The quantitative estimate of drug-likeness (QED) is 0.804. The van der Waals surface area contributed by atoms with Crippen LogP contribution in [0.1, 0.15) is 22.7 Å². The van der Waals surface area contributed by atoms with Gasteiger partial charge in [-0.1, -0.05) is 17.4 Å². The Bertz CT molecular complexity index is 561.